The van der Waals surface area contributed by atoms with E-state index >= 15 is 0 Å². The lowest BCUT2D eigenvalue weighted by atomic mass is 9.95. The normalized spacial score (nSPS) is 45.4. The lowest BCUT2D eigenvalue weighted by Crippen LogP contribution is -2.68. The van der Waals surface area contributed by atoms with Crippen LogP contribution in [0.25, 0.3) is 0 Å². The van der Waals surface area contributed by atoms with Crippen molar-refractivity contribution < 1.29 is 54.4 Å². The number of ether oxygens (including phenoxy) is 3. The van der Waals surface area contributed by atoms with Gasteiger partial charge in [-0.15, -0.1) is 0 Å². The Morgan fingerprint density at radius 1 is 1.10 bits per heavy atom. The summed E-state index contributed by atoms with van der Waals surface area (Å²) in [5.74, 6) is -1.01. The third-order valence-corrected chi connectivity index (χ3v) is 5.32. The number of hydrogen-bond donors (Lipinski definition) is 8. The zero-order chi connectivity index (χ0) is 22.2. The molecule has 3 fully saturated rings. The molecule has 0 spiro atoms. The van der Waals surface area contributed by atoms with E-state index in [1.165, 1.54) is 13.8 Å². The Morgan fingerprint density at radius 2 is 1.80 bits per heavy atom. The van der Waals surface area contributed by atoms with Gasteiger partial charge in [0.25, 0.3) is 0 Å². The summed E-state index contributed by atoms with van der Waals surface area (Å²) in [7, 11) is 0. The summed E-state index contributed by atoms with van der Waals surface area (Å²) in [5.41, 5.74) is -1.35. The van der Waals surface area contributed by atoms with Crippen LogP contribution in [-0.2, 0) is 28.7 Å². The predicted molar refractivity (Wildman–Crippen MR) is 93.2 cm³/mol. The van der Waals surface area contributed by atoms with E-state index in [4.69, 9.17) is 19.5 Å². The minimum Gasteiger partial charge on any atom is -0.394 e. The van der Waals surface area contributed by atoms with Gasteiger partial charge < -0.3 is 45.3 Å². The summed E-state index contributed by atoms with van der Waals surface area (Å²) < 4.78 is 16.9. The molecular formula is C16H27N3O11. The smallest absolute Gasteiger partial charge is 0.218 e. The van der Waals surface area contributed by atoms with Crippen LogP contribution < -0.4 is 16.0 Å². The number of nitrogens with one attached hydrogen (secondary N) is 3. The molecule has 0 aromatic rings. The summed E-state index contributed by atoms with van der Waals surface area (Å²) in [6.45, 7) is 1.36. The van der Waals surface area contributed by atoms with E-state index in [0.29, 0.717) is 0 Å². The lowest BCUT2D eigenvalue weighted by Gasteiger charge is -2.46. The third-order valence-electron chi connectivity index (χ3n) is 5.32. The van der Waals surface area contributed by atoms with Gasteiger partial charge in [-0.05, 0) is 0 Å². The molecule has 8 N–H and O–H groups in total. The van der Waals surface area contributed by atoms with E-state index < -0.39 is 85.9 Å². The highest BCUT2D eigenvalue weighted by Gasteiger charge is 2.69. The van der Waals surface area contributed by atoms with Crippen molar-refractivity contribution in [2.45, 2.75) is 74.7 Å². The monoisotopic (exact) mass is 437 g/mol. The predicted octanol–water partition coefficient (Wildman–Crippen LogP) is -4.67. The second-order valence-corrected chi connectivity index (χ2v) is 7.52. The summed E-state index contributed by atoms with van der Waals surface area (Å²) in [4.78, 5) is 27.2. The van der Waals surface area contributed by atoms with Gasteiger partial charge >= 0.3 is 0 Å². The highest BCUT2D eigenvalue weighted by molar-refractivity contribution is 5.74. The van der Waals surface area contributed by atoms with Crippen LogP contribution in [0.2, 0.25) is 0 Å². The fourth-order valence-electron chi connectivity index (χ4n) is 3.85. The maximum atomic E-state index is 11.6. The molecule has 30 heavy (non-hydrogen) atoms. The molecule has 0 bridgehead atoms. The summed E-state index contributed by atoms with van der Waals surface area (Å²) >= 11 is 0. The van der Waals surface area contributed by atoms with Crippen molar-refractivity contribution in [3.8, 4) is 0 Å². The van der Waals surface area contributed by atoms with Crippen molar-refractivity contribution in [1.82, 2.24) is 16.0 Å². The highest BCUT2D eigenvalue weighted by Crippen LogP contribution is 2.40. The maximum Gasteiger partial charge on any atom is 0.218 e. The number of hydrogen-bond acceptors (Lipinski definition) is 12. The van der Waals surface area contributed by atoms with Crippen molar-refractivity contribution in [3.05, 3.63) is 0 Å². The van der Waals surface area contributed by atoms with Gasteiger partial charge in [-0.3, -0.25) is 20.2 Å². The Morgan fingerprint density at radius 3 is 2.37 bits per heavy atom. The van der Waals surface area contributed by atoms with Crippen molar-refractivity contribution in [1.29, 1.82) is 0 Å². The van der Waals surface area contributed by atoms with E-state index in [9.17, 15) is 30.0 Å². The van der Waals surface area contributed by atoms with Gasteiger partial charge in [0, 0.05) is 13.8 Å². The SMILES string of the molecule is CC(=O)N[C@H]1[C@H](O[C@@H]2[C@@H](COO)O[C@@H]3N[C@@]3(NC(C)=O)[C@H]2O)O[C@H](CO)[C@@H](O)[C@@H]1O. The summed E-state index contributed by atoms with van der Waals surface area (Å²) in [5, 5.41) is 57.4. The highest BCUT2D eigenvalue weighted by atomic mass is 17.1. The molecule has 3 aliphatic rings. The molecule has 0 aromatic carbocycles. The average molecular weight is 437 g/mol. The van der Waals surface area contributed by atoms with Crippen LogP contribution in [-0.4, -0.2) is 112 Å². The summed E-state index contributed by atoms with van der Waals surface area (Å²) in [6.07, 6.45) is -10.3. The van der Waals surface area contributed by atoms with Gasteiger partial charge in [0.15, 0.2) is 12.0 Å². The molecule has 2 amide bonds. The largest absolute Gasteiger partial charge is 0.394 e. The minimum atomic E-state index is -1.56. The molecule has 3 heterocycles. The van der Waals surface area contributed by atoms with Crippen LogP contribution in [0.1, 0.15) is 13.8 Å². The van der Waals surface area contributed by atoms with Gasteiger partial charge in [-0.2, -0.15) is 0 Å². The molecule has 14 heteroatoms. The lowest BCUT2D eigenvalue weighted by molar-refractivity contribution is -0.324. The number of carbonyl (C=O) groups excluding carboxylic acids is 2. The Bertz CT molecular complexity index is 654. The van der Waals surface area contributed by atoms with Crippen molar-refractivity contribution in [3.63, 3.8) is 0 Å². The second-order valence-electron chi connectivity index (χ2n) is 7.52. The minimum absolute atomic E-state index is 0.414. The van der Waals surface area contributed by atoms with Crippen molar-refractivity contribution in [2.24, 2.45) is 0 Å². The Labute approximate surface area is 171 Å². The first-order chi connectivity index (χ1) is 14.1. The zero-order valence-corrected chi connectivity index (χ0v) is 16.3. The molecule has 14 nitrogen and oxygen atoms in total. The van der Waals surface area contributed by atoms with Gasteiger partial charge in [-0.1, -0.05) is 0 Å². The third kappa shape index (κ3) is 4.29. The first-order valence-electron chi connectivity index (χ1n) is 9.36. The molecule has 3 aliphatic heterocycles. The van der Waals surface area contributed by atoms with Gasteiger partial charge in [-0.25, -0.2) is 4.89 Å². The molecule has 172 valence electrons. The van der Waals surface area contributed by atoms with E-state index in [1.54, 1.807) is 0 Å². The molecular weight excluding hydrogens is 410 g/mol. The van der Waals surface area contributed by atoms with E-state index in [1.807, 2.05) is 0 Å². The fraction of sp³-hybridized carbons (Fsp3) is 0.875. The first kappa shape index (κ1) is 23.2. The van der Waals surface area contributed by atoms with E-state index in [0.717, 1.165) is 0 Å². The molecule has 0 aliphatic carbocycles. The number of rotatable bonds is 7. The molecule has 0 radical (unpaired) electrons. The van der Waals surface area contributed by atoms with Crippen molar-refractivity contribution >= 4 is 11.8 Å². The van der Waals surface area contributed by atoms with E-state index in [2.05, 4.69) is 20.8 Å². The number of carbonyl (C=O) groups is 2. The van der Waals surface area contributed by atoms with E-state index in [-0.39, 0.29) is 0 Å². The maximum absolute atomic E-state index is 11.6. The van der Waals surface area contributed by atoms with Gasteiger partial charge in [0.2, 0.25) is 11.8 Å². The molecule has 3 saturated heterocycles. The molecule has 0 aromatic heterocycles. The van der Waals surface area contributed by atoms with Crippen LogP contribution in [0.15, 0.2) is 0 Å². The second kappa shape index (κ2) is 8.96. The fourth-order valence-corrected chi connectivity index (χ4v) is 3.85. The number of aliphatic hydroxyl groups is 4. The van der Waals surface area contributed by atoms with Crippen LogP contribution in [0.4, 0.5) is 0 Å². The molecule has 3 rings (SSSR count). The number of amides is 2. The topological polar surface area (TPSA) is 218 Å². The van der Waals surface area contributed by atoms with Crippen LogP contribution in [0, 0.1) is 0 Å². The van der Waals surface area contributed by atoms with Crippen LogP contribution >= 0.6 is 0 Å². The Hall–Kier alpha value is -1.46. The first-order valence-corrected chi connectivity index (χ1v) is 9.36. The average Bonchev–Trinajstić information content (AvgIpc) is 3.37. The van der Waals surface area contributed by atoms with Crippen LogP contribution in [0.5, 0.6) is 0 Å². The molecule has 0 saturated carbocycles. The zero-order valence-electron chi connectivity index (χ0n) is 16.3. The Balaban J connectivity index is 1.84. The summed E-state index contributed by atoms with van der Waals surface area (Å²) in [6, 6.07) is -1.26. The molecule has 0 unspecified atom stereocenters. The molecule has 10 atom stereocenters. The Kier molecular flexibility index (Phi) is 6.93. The standard InChI is InChI=1S/C16H27N3O11/c1-5(21)17-9-11(24)10(23)7(3-20)28-14(9)30-12-8(4-27-26)29-15-16(19-15,13(12)25)18-6(2)22/h7-15,19-20,23-26H,3-4H2,1-2H3,(H,17,21)(H,18,22)/t7-,8-,9-,10-,11-,12-,13+,14+,15+,16+/m1/s1. The van der Waals surface area contributed by atoms with Gasteiger partial charge in [0.05, 0.1) is 6.61 Å². The quantitative estimate of drug-likeness (QED) is 0.107. The number of fused-ring (bicyclic) bond motifs is 1. The number of aliphatic hydroxyl groups excluding tert-OH is 4. The van der Waals surface area contributed by atoms with Crippen molar-refractivity contribution in [2.75, 3.05) is 13.2 Å². The van der Waals surface area contributed by atoms with Crippen LogP contribution in [0.3, 0.4) is 0 Å². The van der Waals surface area contributed by atoms with Gasteiger partial charge in [0.1, 0.15) is 55.5 Å².